The number of thiocarbonyl (C=S) groups is 1. The molecule has 2 nitrogen and oxygen atoms in total. The van der Waals surface area contributed by atoms with E-state index in [0.717, 1.165) is 36.6 Å². The lowest BCUT2D eigenvalue weighted by Gasteiger charge is -2.13. The van der Waals surface area contributed by atoms with Gasteiger partial charge < -0.3 is 10.6 Å². The number of aryl methyl sites for hydroxylation is 1. The first kappa shape index (κ1) is 14.0. The minimum Gasteiger partial charge on any atom is -0.362 e. The standard InChI is InChI=1S/C14H22N2S/c1-3-5-11-15-14(17)16-13-10-7-6-9-12(13)8-4-2/h6-7,9-10H,3-5,8,11H2,1-2H3,(H2,15,16,17). The van der Waals surface area contributed by atoms with Gasteiger partial charge in [0.1, 0.15) is 0 Å². The molecule has 3 heteroatoms. The first-order valence-corrected chi connectivity index (χ1v) is 6.81. The first-order chi connectivity index (χ1) is 8.27. The van der Waals surface area contributed by atoms with Gasteiger partial charge in [-0.05, 0) is 36.7 Å². The second-order valence-electron chi connectivity index (χ2n) is 4.14. The molecule has 0 aliphatic rings. The summed E-state index contributed by atoms with van der Waals surface area (Å²) < 4.78 is 0. The second-order valence-corrected chi connectivity index (χ2v) is 4.55. The highest BCUT2D eigenvalue weighted by Crippen LogP contribution is 2.16. The topological polar surface area (TPSA) is 24.1 Å². The highest BCUT2D eigenvalue weighted by molar-refractivity contribution is 7.80. The summed E-state index contributed by atoms with van der Waals surface area (Å²) in [5.41, 5.74) is 2.46. The molecule has 0 amide bonds. The Morgan fingerprint density at radius 2 is 1.94 bits per heavy atom. The SMILES string of the molecule is CCCCNC(=S)Nc1ccccc1CCC. The number of hydrogen-bond donors (Lipinski definition) is 2. The summed E-state index contributed by atoms with van der Waals surface area (Å²) in [7, 11) is 0. The molecule has 0 unspecified atom stereocenters. The Kier molecular flexibility index (Phi) is 6.63. The largest absolute Gasteiger partial charge is 0.362 e. The number of rotatable bonds is 6. The smallest absolute Gasteiger partial charge is 0.170 e. The summed E-state index contributed by atoms with van der Waals surface area (Å²) >= 11 is 5.27. The third-order valence-electron chi connectivity index (χ3n) is 2.60. The molecule has 1 aromatic carbocycles. The van der Waals surface area contributed by atoms with Crippen LogP contribution in [0.3, 0.4) is 0 Å². The Balaban J connectivity index is 2.52. The fourth-order valence-corrected chi connectivity index (χ4v) is 1.89. The van der Waals surface area contributed by atoms with Crippen molar-refractivity contribution < 1.29 is 0 Å². The average Bonchev–Trinajstić information content (AvgIpc) is 2.32. The molecular formula is C14H22N2S. The van der Waals surface area contributed by atoms with Crippen molar-refractivity contribution in [1.29, 1.82) is 0 Å². The van der Waals surface area contributed by atoms with Crippen molar-refractivity contribution >= 4 is 23.0 Å². The van der Waals surface area contributed by atoms with Gasteiger partial charge in [0.05, 0.1) is 0 Å². The van der Waals surface area contributed by atoms with E-state index < -0.39 is 0 Å². The molecule has 0 saturated heterocycles. The highest BCUT2D eigenvalue weighted by Gasteiger charge is 2.02. The van der Waals surface area contributed by atoms with Gasteiger partial charge in [-0.1, -0.05) is 44.9 Å². The predicted octanol–water partition coefficient (Wildman–Crippen LogP) is 3.73. The van der Waals surface area contributed by atoms with Gasteiger partial charge in [0.2, 0.25) is 0 Å². The number of anilines is 1. The first-order valence-electron chi connectivity index (χ1n) is 6.40. The van der Waals surface area contributed by atoms with Crippen molar-refractivity contribution in [1.82, 2.24) is 5.32 Å². The van der Waals surface area contributed by atoms with Gasteiger partial charge in [-0.2, -0.15) is 0 Å². The number of hydrogen-bond acceptors (Lipinski definition) is 1. The maximum absolute atomic E-state index is 5.27. The van der Waals surface area contributed by atoms with Gasteiger partial charge in [-0.15, -0.1) is 0 Å². The minimum atomic E-state index is 0.724. The normalized spacial score (nSPS) is 10.0. The van der Waals surface area contributed by atoms with E-state index in [-0.39, 0.29) is 0 Å². The Bertz CT molecular complexity index is 350. The lowest BCUT2D eigenvalue weighted by atomic mass is 10.1. The zero-order valence-corrected chi connectivity index (χ0v) is 11.6. The number of para-hydroxylation sites is 1. The molecule has 17 heavy (non-hydrogen) atoms. The Morgan fingerprint density at radius 1 is 1.18 bits per heavy atom. The molecule has 0 aliphatic heterocycles. The van der Waals surface area contributed by atoms with Crippen LogP contribution in [-0.4, -0.2) is 11.7 Å². The van der Waals surface area contributed by atoms with E-state index >= 15 is 0 Å². The van der Waals surface area contributed by atoms with Gasteiger partial charge in [-0.25, -0.2) is 0 Å². The van der Waals surface area contributed by atoms with E-state index in [1.54, 1.807) is 0 Å². The van der Waals surface area contributed by atoms with E-state index in [1.807, 2.05) is 6.07 Å². The lowest BCUT2D eigenvalue weighted by molar-refractivity contribution is 0.758. The van der Waals surface area contributed by atoms with Gasteiger partial charge in [0.25, 0.3) is 0 Å². The lowest BCUT2D eigenvalue weighted by Crippen LogP contribution is -2.29. The van der Waals surface area contributed by atoms with E-state index in [4.69, 9.17) is 12.2 Å². The van der Waals surface area contributed by atoms with Crippen molar-refractivity contribution in [2.45, 2.75) is 39.5 Å². The van der Waals surface area contributed by atoms with Crippen LogP contribution in [0.1, 0.15) is 38.7 Å². The molecule has 2 N–H and O–H groups in total. The highest BCUT2D eigenvalue weighted by atomic mass is 32.1. The van der Waals surface area contributed by atoms with Gasteiger partial charge in [-0.3, -0.25) is 0 Å². The van der Waals surface area contributed by atoms with Crippen LogP contribution in [0.15, 0.2) is 24.3 Å². The van der Waals surface area contributed by atoms with Crippen LogP contribution in [0, 0.1) is 0 Å². The molecule has 0 spiro atoms. The number of nitrogens with one attached hydrogen (secondary N) is 2. The summed E-state index contributed by atoms with van der Waals surface area (Å²) in [4.78, 5) is 0. The van der Waals surface area contributed by atoms with Crippen LogP contribution in [0.5, 0.6) is 0 Å². The summed E-state index contributed by atoms with van der Waals surface area (Å²) in [6.07, 6.45) is 4.57. The fourth-order valence-electron chi connectivity index (χ4n) is 1.67. The van der Waals surface area contributed by atoms with E-state index in [9.17, 15) is 0 Å². The zero-order valence-electron chi connectivity index (χ0n) is 10.8. The predicted molar refractivity (Wildman–Crippen MR) is 79.6 cm³/mol. The summed E-state index contributed by atoms with van der Waals surface area (Å²) in [6.45, 7) is 5.31. The van der Waals surface area contributed by atoms with Crippen molar-refractivity contribution in [2.75, 3.05) is 11.9 Å². The monoisotopic (exact) mass is 250 g/mol. The molecule has 0 radical (unpaired) electrons. The van der Waals surface area contributed by atoms with Crippen molar-refractivity contribution in [2.24, 2.45) is 0 Å². The van der Waals surface area contributed by atoms with Crippen LogP contribution in [0.2, 0.25) is 0 Å². The van der Waals surface area contributed by atoms with Crippen LogP contribution in [-0.2, 0) is 6.42 Å². The van der Waals surface area contributed by atoms with Crippen molar-refractivity contribution in [3.05, 3.63) is 29.8 Å². The van der Waals surface area contributed by atoms with Crippen molar-refractivity contribution in [3.63, 3.8) is 0 Å². The molecule has 1 aromatic rings. The zero-order chi connectivity index (χ0) is 12.5. The third-order valence-corrected chi connectivity index (χ3v) is 2.85. The maximum Gasteiger partial charge on any atom is 0.170 e. The average molecular weight is 250 g/mol. The molecule has 0 saturated carbocycles. The van der Waals surface area contributed by atoms with Gasteiger partial charge in [0.15, 0.2) is 5.11 Å². The summed E-state index contributed by atoms with van der Waals surface area (Å²) in [5, 5.41) is 7.22. The molecule has 0 aromatic heterocycles. The van der Waals surface area contributed by atoms with Crippen LogP contribution >= 0.6 is 12.2 Å². The molecular weight excluding hydrogens is 228 g/mol. The molecule has 94 valence electrons. The summed E-state index contributed by atoms with van der Waals surface area (Å²) in [6, 6.07) is 8.35. The Morgan fingerprint density at radius 3 is 2.65 bits per heavy atom. The van der Waals surface area contributed by atoms with Crippen molar-refractivity contribution in [3.8, 4) is 0 Å². The van der Waals surface area contributed by atoms with E-state index in [0.29, 0.717) is 0 Å². The second kappa shape index (κ2) is 8.07. The third kappa shape index (κ3) is 5.18. The van der Waals surface area contributed by atoms with Crippen LogP contribution in [0.25, 0.3) is 0 Å². The minimum absolute atomic E-state index is 0.724. The fraction of sp³-hybridized carbons (Fsp3) is 0.500. The van der Waals surface area contributed by atoms with Crippen LogP contribution < -0.4 is 10.6 Å². The maximum atomic E-state index is 5.27. The molecule has 0 bridgehead atoms. The quantitative estimate of drug-likeness (QED) is 0.594. The van der Waals surface area contributed by atoms with E-state index in [2.05, 4.69) is 42.7 Å². The Labute approximate surface area is 110 Å². The molecule has 0 fully saturated rings. The van der Waals surface area contributed by atoms with Gasteiger partial charge in [0, 0.05) is 12.2 Å². The Hall–Kier alpha value is -1.09. The van der Waals surface area contributed by atoms with Gasteiger partial charge >= 0.3 is 0 Å². The van der Waals surface area contributed by atoms with E-state index in [1.165, 1.54) is 12.0 Å². The summed E-state index contributed by atoms with van der Waals surface area (Å²) in [5.74, 6) is 0. The number of benzene rings is 1. The molecule has 0 atom stereocenters. The molecule has 0 heterocycles. The molecule has 1 rings (SSSR count). The number of unbranched alkanes of at least 4 members (excludes halogenated alkanes) is 1. The molecule has 0 aliphatic carbocycles. The van der Waals surface area contributed by atoms with Crippen LogP contribution in [0.4, 0.5) is 5.69 Å².